The van der Waals surface area contributed by atoms with E-state index in [9.17, 15) is 9.90 Å². The van der Waals surface area contributed by atoms with Crippen molar-refractivity contribution >= 4 is 23.3 Å². The number of β-amino-alcohol motifs (C(OH)–C–C–N with tert-alkyl or cyclic N) is 1. The lowest BCUT2D eigenvalue weighted by molar-refractivity contribution is 0.0407. The average Bonchev–Trinajstić information content (AvgIpc) is 2.73. The summed E-state index contributed by atoms with van der Waals surface area (Å²) in [5, 5.41) is 11.0. The van der Waals surface area contributed by atoms with Gasteiger partial charge in [0.05, 0.1) is 19.8 Å². The molecule has 8 heteroatoms. The maximum absolute atomic E-state index is 11.7. The summed E-state index contributed by atoms with van der Waals surface area (Å²) in [4.78, 5) is 15.6. The summed E-state index contributed by atoms with van der Waals surface area (Å²) in [6.45, 7) is 6.77. The Morgan fingerprint density at radius 3 is 2.76 bits per heavy atom. The third-order valence-electron chi connectivity index (χ3n) is 5.02. The second-order valence-corrected chi connectivity index (χ2v) is 7.62. The molecule has 2 heterocycles. The van der Waals surface area contributed by atoms with E-state index in [4.69, 9.17) is 25.8 Å². The number of carbonyl (C=O) groups is 1. The first-order valence-electron chi connectivity index (χ1n) is 10.1. The number of carbonyl (C=O) groups excluding carboxylic acids is 1. The van der Waals surface area contributed by atoms with Crippen LogP contribution in [0.1, 0.15) is 18.9 Å². The highest BCUT2D eigenvalue weighted by atomic mass is 35.5. The molecule has 1 saturated heterocycles. The van der Waals surface area contributed by atoms with Crippen molar-refractivity contribution in [2.75, 3.05) is 59.2 Å². The zero-order chi connectivity index (χ0) is 20.6. The van der Waals surface area contributed by atoms with E-state index in [1.807, 2.05) is 12.1 Å². The van der Waals surface area contributed by atoms with E-state index in [-0.39, 0.29) is 12.7 Å². The fourth-order valence-corrected chi connectivity index (χ4v) is 3.72. The molecule has 160 valence electrons. The number of hydrogen-bond acceptors (Lipinski definition) is 6. The fourth-order valence-electron chi connectivity index (χ4n) is 3.49. The Balaban J connectivity index is 1.46. The second-order valence-electron chi connectivity index (χ2n) is 7.18. The second kappa shape index (κ2) is 10.8. The van der Waals surface area contributed by atoms with Gasteiger partial charge >= 0.3 is 6.09 Å². The molecule has 1 unspecified atom stereocenters. The highest BCUT2D eigenvalue weighted by Gasteiger charge is 2.23. The molecule has 0 aromatic heterocycles. The third-order valence-corrected chi connectivity index (χ3v) is 5.23. The summed E-state index contributed by atoms with van der Waals surface area (Å²) in [5.41, 5.74) is 2.23. The van der Waals surface area contributed by atoms with Crippen LogP contribution in [-0.2, 0) is 9.47 Å². The minimum Gasteiger partial charge on any atom is -0.491 e. The highest BCUT2D eigenvalue weighted by Crippen LogP contribution is 2.28. The van der Waals surface area contributed by atoms with Crippen molar-refractivity contribution in [2.45, 2.75) is 19.4 Å². The summed E-state index contributed by atoms with van der Waals surface area (Å²) in [5.74, 6) is 0.645. The van der Waals surface area contributed by atoms with E-state index in [0.29, 0.717) is 63.3 Å². The van der Waals surface area contributed by atoms with Crippen molar-refractivity contribution in [2.24, 2.45) is 0 Å². The number of aliphatic hydroxyl groups excluding tert-OH is 1. The van der Waals surface area contributed by atoms with Crippen molar-refractivity contribution in [3.63, 3.8) is 0 Å². The zero-order valence-electron chi connectivity index (χ0n) is 16.8. The molecule has 0 aliphatic carbocycles. The molecular weight excluding hydrogens is 396 g/mol. The van der Waals surface area contributed by atoms with Crippen LogP contribution < -0.4 is 4.74 Å². The molecular formula is C21H29ClN2O5. The molecule has 1 amide bonds. The number of ether oxygens (including phenoxy) is 3. The Labute approximate surface area is 176 Å². The van der Waals surface area contributed by atoms with Crippen molar-refractivity contribution in [1.82, 2.24) is 9.80 Å². The highest BCUT2D eigenvalue weighted by molar-refractivity contribution is 6.30. The van der Waals surface area contributed by atoms with Gasteiger partial charge in [-0.1, -0.05) is 17.7 Å². The van der Waals surface area contributed by atoms with Crippen molar-refractivity contribution < 1.29 is 24.1 Å². The van der Waals surface area contributed by atoms with Gasteiger partial charge in [-0.05, 0) is 42.7 Å². The number of benzene rings is 1. The van der Waals surface area contributed by atoms with Gasteiger partial charge in [0.2, 0.25) is 0 Å². The molecule has 1 atom stereocenters. The maximum Gasteiger partial charge on any atom is 0.409 e. The lowest BCUT2D eigenvalue weighted by Gasteiger charge is -2.34. The number of amides is 1. The monoisotopic (exact) mass is 424 g/mol. The lowest BCUT2D eigenvalue weighted by Crippen LogP contribution is -2.51. The van der Waals surface area contributed by atoms with Crippen molar-refractivity contribution in [3.05, 3.63) is 34.9 Å². The van der Waals surface area contributed by atoms with Gasteiger partial charge in [-0.2, -0.15) is 0 Å². The minimum atomic E-state index is -0.631. The molecule has 0 bridgehead atoms. The van der Waals surface area contributed by atoms with Crippen LogP contribution >= 0.6 is 11.6 Å². The lowest BCUT2D eigenvalue weighted by atomic mass is 10.0. The van der Waals surface area contributed by atoms with Gasteiger partial charge in [-0.15, -0.1) is 0 Å². The van der Waals surface area contributed by atoms with Gasteiger partial charge in [-0.3, -0.25) is 4.90 Å². The number of piperazine rings is 1. The molecule has 1 aromatic rings. The molecule has 0 spiro atoms. The Hall–Kier alpha value is -1.80. The molecule has 1 N–H and O–H groups in total. The third kappa shape index (κ3) is 6.60. The summed E-state index contributed by atoms with van der Waals surface area (Å²) in [6.07, 6.45) is 2.01. The molecule has 0 radical (unpaired) electrons. The largest absolute Gasteiger partial charge is 0.491 e. The van der Waals surface area contributed by atoms with E-state index >= 15 is 0 Å². The van der Waals surface area contributed by atoms with Crippen molar-refractivity contribution in [3.8, 4) is 5.75 Å². The molecule has 2 aliphatic rings. The van der Waals surface area contributed by atoms with Gasteiger partial charge in [0.15, 0.2) is 0 Å². The zero-order valence-corrected chi connectivity index (χ0v) is 17.6. The van der Waals surface area contributed by atoms with Crippen LogP contribution in [0.5, 0.6) is 5.75 Å². The topological polar surface area (TPSA) is 71.5 Å². The van der Waals surface area contributed by atoms with E-state index in [0.717, 1.165) is 12.0 Å². The van der Waals surface area contributed by atoms with Crippen molar-refractivity contribution in [1.29, 1.82) is 0 Å². The van der Waals surface area contributed by atoms with Gasteiger partial charge in [0.25, 0.3) is 0 Å². The van der Waals surface area contributed by atoms with E-state index in [1.165, 1.54) is 5.57 Å². The molecule has 3 rings (SSSR count). The van der Waals surface area contributed by atoms with Gasteiger partial charge in [0.1, 0.15) is 18.5 Å². The van der Waals surface area contributed by atoms with Crippen LogP contribution in [0, 0.1) is 0 Å². The maximum atomic E-state index is 11.7. The summed E-state index contributed by atoms with van der Waals surface area (Å²) >= 11 is 6.25. The molecule has 1 aromatic carbocycles. The Morgan fingerprint density at radius 1 is 1.28 bits per heavy atom. The van der Waals surface area contributed by atoms with Gasteiger partial charge < -0.3 is 24.2 Å². The van der Waals surface area contributed by atoms with E-state index < -0.39 is 6.10 Å². The standard InChI is InChI=1S/C21H29ClN2O5/c1-2-28-21(26)24-7-5-23(6-8-24)14-19(25)15-29-20-12-17(11-18(22)13-20)16-3-9-27-10-4-16/h3,11-13,19,25H,2,4-10,14-15H2,1H3. The fraction of sp³-hybridized carbons (Fsp3) is 0.571. The van der Waals surface area contributed by atoms with Gasteiger partial charge in [0, 0.05) is 37.7 Å². The first kappa shape index (κ1) is 21.9. The Morgan fingerprint density at radius 2 is 2.07 bits per heavy atom. The Kier molecular flexibility index (Phi) is 8.18. The predicted molar refractivity (Wildman–Crippen MR) is 111 cm³/mol. The Bertz CT molecular complexity index is 719. The number of halogens is 1. The first-order chi connectivity index (χ1) is 14.0. The quantitative estimate of drug-likeness (QED) is 0.725. The van der Waals surface area contributed by atoms with Crippen LogP contribution in [0.4, 0.5) is 4.79 Å². The molecule has 1 fully saturated rings. The van der Waals surface area contributed by atoms with Crippen LogP contribution in [0.3, 0.4) is 0 Å². The normalized spacial score (nSPS) is 18.9. The summed E-state index contributed by atoms with van der Waals surface area (Å²) in [7, 11) is 0. The first-order valence-corrected chi connectivity index (χ1v) is 10.5. The van der Waals surface area contributed by atoms with Crippen LogP contribution in [0.25, 0.3) is 5.57 Å². The summed E-state index contributed by atoms with van der Waals surface area (Å²) < 4.78 is 16.2. The summed E-state index contributed by atoms with van der Waals surface area (Å²) in [6, 6.07) is 5.63. The number of hydrogen-bond donors (Lipinski definition) is 1. The predicted octanol–water partition coefficient (Wildman–Crippen LogP) is 2.66. The van der Waals surface area contributed by atoms with Crippen LogP contribution in [0.15, 0.2) is 24.3 Å². The number of aliphatic hydroxyl groups is 1. The molecule has 0 saturated carbocycles. The molecule has 29 heavy (non-hydrogen) atoms. The average molecular weight is 425 g/mol. The van der Waals surface area contributed by atoms with Crippen LogP contribution in [-0.4, -0.2) is 86.3 Å². The van der Waals surface area contributed by atoms with E-state index in [1.54, 1.807) is 17.9 Å². The minimum absolute atomic E-state index is 0.181. The SMILES string of the molecule is CCOC(=O)N1CCN(CC(O)COc2cc(Cl)cc(C3=CCOCC3)c2)CC1. The molecule has 2 aliphatic heterocycles. The number of nitrogens with zero attached hydrogens (tertiary/aromatic N) is 2. The van der Waals surface area contributed by atoms with Crippen LogP contribution in [0.2, 0.25) is 5.02 Å². The van der Waals surface area contributed by atoms with E-state index in [2.05, 4.69) is 11.0 Å². The van der Waals surface area contributed by atoms with Gasteiger partial charge in [-0.25, -0.2) is 4.79 Å². The smallest absolute Gasteiger partial charge is 0.409 e. The molecule has 7 nitrogen and oxygen atoms in total. The number of rotatable bonds is 7.